The minimum atomic E-state index is 0.455. The number of hydrogen-bond donors (Lipinski definition) is 0. The van der Waals surface area contributed by atoms with E-state index in [0.29, 0.717) is 11.3 Å². The first-order valence-electron chi connectivity index (χ1n) is 3.97. The van der Waals surface area contributed by atoms with E-state index in [0.717, 1.165) is 16.3 Å². The lowest BCUT2D eigenvalue weighted by Gasteiger charge is -1.99. The number of nitrogens with zero attached hydrogens (tertiary/aromatic N) is 1. The summed E-state index contributed by atoms with van der Waals surface area (Å²) in [4.78, 5) is 10.7. The fourth-order valence-electron chi connectivity index (χ4n) is 1.19. The molecule has 0 N–H and O–H groups in total. The molecule has 0 aliphatic carbocycles. The maximum atomic E-state index is 10.7. The summed E-state index contributed by atoms with van der Waals surface area (Å²) in [6.45, 7) is 0. The van der Waals surface area contributed by atoms with Crippen molar-refractivity contribution in [2.24, 2.45) is 0 Å². The first kappa shape index (κ1) is 9.15. The van der Waals surface area contributed by atoms with Gasteiger partial charge in [0.15, 0.2) is 6.29 Å². The van der Waals surface area contributed by atoms with Crippen LogP contribution < -0.4 is 0 Å². The van der Waals surface area contributed by atoms with Crippen LogP contribution in [-0.2, 0) is 0 Å². The van der Waals surface area contributed by atoms with Crippen molar-refractivity contribution >= 4 is 22.2 Å². The zero-order valence-electron chi connectivity index (χ0n) is 7.11. The Bertz CT molecular complexity index is 465. The van der Waals surface area contributed by atoms with Gasteiger partial charge in [0.1, 0.15) is 12.0 Å². The molecule has 0 bridgehead atoms. The highest BCUT2D eigenvalue weighted by atomic mass is 79.9. The second kappa shape index (κ2) is 3.75. The van der Waals surface area contributed by atoms with E-state index < -0.39 is 0 Å². The van der Waals surface area contributed by atoms with Gasteiger partial charge in [-0.15, -0.1) is 0 Å². The van der Waals surface area contributed by atoms with Gasteiger partial charge < -0.3 is 4.52 Å². The van der Waals surface area contributed by atoms with E-state index in [-0.39, 0.29) is 0 Å². The lowest BCUT2D eigenvalue weighted by atomic mass is 10.1. The maximum Gasteiger partial charge on any atom is 0.155 e. The van der Waals surface area contributed by atoms with E-state index in [1.54, 1.807) is 0 Å². The largest absolute Gasteiger partial charge is 0.363 e. The summed E-state index contributed by atoms with van der Waals surface area (Å²) in [6, 6.07) is 7.53. The van der Waals surface area contributed by atoms with Gasteiger partial charge in [0.25, 0.3) is 0 Å². The Morgan fingerprint density at radius 2 is 2.14 bits per heavy atom. The zero-order valence-corrected chi connectivity index (χ0v) is 8.69. The molecule has 0 radical (unpaired) electrons. The molecule has 1 aromatic heterocycles. The van der Waals surface area contributed by atoms with Crippen molar-refractivity contribution in [2.75, 3.05) is 0 Å². The molecule has 14 heavy (non-hydrogen) atoms. The van der Waals surface area contributed by atoms with Crippen LogP contribution >= 0.6 is 15.9 Å². The Morgan fingerprint density at radius 1 is 1.36 bits per heavy atom. The first-order valence-corrected chi connectivity index (χ1v) is 4.76. The number of carbonyl (C=O) groups excluding carboxylic acids is 1. The smallest absolute Gasteiger partial charge is 0.155 e. The summed E-state index contributed by atoms with van der Waals surface area (Å²) in [6.07, 6.45) is 2.06. The molecule has 2 rings (SSSR count). The van der Waals surface area contributed by atoms with Crippen molar-refractivity contribution in [3.63, 3.8) is 0 Å². The van der Waals surface area contributed by atoms with Crippen LogP contribution in [0.15, 0.2) is 39.5 Å². The third-order valence-electron chi connectivity index (χ3n) is 1.85. The van der Waals surface area contributed by atoms with Crippen LogP contribution in [0.5, 0.6) is 0 Å². The molecule has 0 fully saturated rings. The van der Waals surface area contributed by atoms with Gasteiger partial charge in [-0.3, -0.25) is 4.79 Å². The number of rotatable bonds is 2. The Balaban J connectivity index is 2.60. The highest BCUT2D eigenvalue weighted by Crippen LogP contribution is 2.28. The standard InChI is InChI=1S/C10H6BrNO2/c11-9-4-2-1-3-8(9)10-7(5-13)6-14-12-10/h1-6H. The molecule has 0 aliphatic heterocycles. The van der Waals surface area contributed by atoms with Crippen molar-refractivity contribution < 1.29 is 9.32 Å². The van der Waals surface area contributed by atoms with Gasteiger partial charge in [0, 0.05) is 10.0 Å². The van der Waals surface area contributed by atoms with E-state index >= 15 is 0 Å². The summed E-state index contributed by atoms with van der Waals surface area (Å²) in [5.41, 5.74) is 1.87. The zero-order chi connectivity index (χ0) is 9.97. The molecule has 3 nitrogen and oxygen atoms in total. The SMILES string of the molecule is O=Cc1conc1-c1ccccc1Br. The summed E-state index contributed by atoms with van der Waals surface area (Å²) in [7, 11) is 0. The van der Waals surface area contributed by atoms with Crippen LogP contribution in [0.25, 0.3) is 11.3 Å². The quantitative estimate of drug-likeness (QED) is 0.771. The van der Waals surface area contributed by atoms with Gasteiger partial charge in [0.05, 0.1) is 5.56 Å². The number of carbonyl (C=O) groups is 1. The lowest BCUT2D eigenvalue weighted by molar-refractivity contribution is 0.112. The summed E-state index contributed by atoms with van der Waals surface area (Å²) >= 11 is 3.38. The van der Waals surface area contributed by atoms with Crippen molar-refractivity contribution in [1.29, 1.82) is 0 Å². The molecule has 70 valence electrons. The molecule has 1 heterocycles. The Kier molecular flexibility index (Phi) is 2.45. The fraction of sp³-hybridized carbons (Fsp3) is 0. The van der Waals surface area contributed by atoms with Crippen LogP contribution in [0.3, 0.4) is 0 Å². The average Bonchev–Trinajstić information content (AvgIpc) is 2.66. The van der Waals surface area contributed by atoms with Gasteiger partial charge in [-0.05, 0) is 6.07 Å². The minimum absolute atomic E-state index is 0.455. The van der Waals surface area contributed by atoms with Crippen molar-refractivity contribution in [3.05, 3.63) is 40.6 Å². The van der Waals surface area contributed by atoms with E-state index in [2.05, 4.69) is 21.1 Å². The van der Waals surface area contributed by atoms with Crippen molar-refractivity contribution in [1.82, 2.24) is 5.16 Å². The van der Waals surface area contributed by atoms with Crippen LogP contribution in [0.1, 0.15) is 10.4 Å². The molecule has 4 heteroatoms. The number of benzene rings is 1. The second-order valence-corrected chi connectivity index (χ2v) is 3.57. The molecule has 0 amide bonds. The second-order valence-electron chi connectivity index (χ2n) is 2.72. The van der Waals surface area contributed by atoms with Gasteiger partial charge in [-0.25, -0.2) is 0 Å². The monoisotopic (exact) mass is 251 g/mol. The molecule has 0 spiro atoms. The molecule has 0 atom stereocenters. The third-order valence-corrected chi connectivity index (χ3v) is 2.54. The molecular formula is C10H6BrNO2. The van der Waals surface area contributed by atoms with Gasteiger partial charge in [-0.1, -0.05) is 39.3 Å². The van der Waals surface area contributed by atoms with E-state index in [1.807, 2.05) is 24.3 Å². The minimum Gasteiger partial charge on any atom is -0.363 e. The Morgan fingerprint density at radius 3 is 2.86 bits per heavy atom. The highest BCUT2D eigenvalue weighted by molar-refractivity contribution is 9.10. The summed E-state index contributed by atoms with van der Waals surface area (Å²) in [5, 5.41) is 3.78. The molecule has 0 unspecified atom stereocenters. The predicted octanol–water partition coefficient (Wildman–Crippen LogP) is 2.92. The molecule has 1 aromatic carbocycles. The molecule has 0 saturated heterocycles. The van der Waals surface area contributed by atoms with E-state index in [1.165, 1.54) is 6.26 Å². The first-order chi connectivity index (χ1) is 6.83. The summed E-state index contributed by atoms with van der Waals surface area (Å²) in [5.74, 6) is 0. The molecular weight excluding hydrogens is 246 g/mol. The van der Waals surface area contributed by atoms with Gasteiger partial charge in [-0.2, -0.15) is 0 Å². The molecule has 0 saturated carbocycles. The normalized spacial score (nSPS) is 10.1. The van der Waals surface area contributed by atoms with Crippen LogP contribution in [0.4, 0.5) is 0 Å². The molecule has 2 aromatic rings. The third kappa shape index (κ3) is 1.48. The predicted molar refractivity (Wildman–Crippen MR) is 55.0 cm³/mol. The van der Waals surface area contributed by atoms with Gasteiger partial charge in [0.2, 0.25) is 0 Å². The van der Waals surface area contributed by atoms with E-state index in [9.17, 15) is 4.79 Å². The average molecular weight is 252 g/mol. The van der Waals surface area contributed by atoms with Crippen molar-refractivity contribution in [2.45, 2.75) is 0 Å². The van der Waals surface area contributed by atoms with Crippen LogP contribution in [0.2, 0.25) is 0 Å². The maximum absolute atomic E-state index is 10.7. The number of aromatic nitrogens is 1. The van der Waals surface area contributed by atoms with Crippen LogP contribution in [0, 0.1) is 0 Å². The number of halogens is 1. The van der Waals surface area contributed by atoms with Crippen LogP contribution in [-0.4, -0.2) is 11.4 Å². The highest BCUT2D eigenvalue weighted by Gasteiger charge is 2.11. The summed E-state index contributed by atoms with van der Waals surface area (Å²) < 4.78 is 5.63. The van der Waals surface area contributed by atoms with Crippen molar-refractivity contribution in [3.8, 4) is 11.3 Å². The number of aldehydes is 1. The van der Waals surface area contributed by atoms with Gasteiger partial charge >= 0.3 is 0 Å². The topological polar surface area (TPSA) is 43.1 Å². The Labute approximate surface area is 88.8 Å². The lowest BCUT2D eigenvalue weighted by Crippen LogP contribution is -1.84. The Hall–Kier alpha value is -1.42. The fourth-order valence-corrected chi connectivity index (χ4v) is 1.66. The number of hydrogen-bond acceptors (Lipinski definition) is 3. The van der Waals surface area contributed by atoms with E-state index in [4.69, 9.17) is 4.52 Å². The molecule has 0 aliphatic rings.